The van der Waals surface area contributed by atoms with Gasteiger partial charge in [-0.1, -0.05) is 0 Å². The number of imidazole rings is 1. The number of H-pyrrole nitrogens is 1. The molecule has 5 heteroatoms. The number of nitrogens with zero attached hydrogens (tertiary/aromatic N) is 1. The SMILES string of the molecule is CC(O)c1nc(N)[nH]c1C(C)O. The first-order valence-electron chi connectivity index (χ1n) is 3.73. The number of nitrogen functional groups attached to an aromatic ring is 1. The van der Waals surface area contributed by atoms with Crippen LogP contribution in [0.4, 0.5) is 5.95 Å². The Morgan fingerprint density at radius 2 is 1.92 bits per heavy atom. The molecule has 0 aliphatic carbocycles. The molecule has 5 N–H and O–H groups in total. The molecule has 0 aliphatic heterocycles. The summed E-state index contributed by atoms with van der Waals surface area (Å²) in [4.78, 5) is 6.53. The molecule has 0 aliphatic rings. The van der Waals surface area contributed by atoms with Crippen molar-refractivity contribution in [3.63, 3.8) is 0 Å². The van der Waals surface area contributed by atoms with Crippen LogP contribution in [0.3, 0.4) is 0 Å². The van der Waals surface area contributed by atoms with E-state index in [0.717, 1.165) is 0 Å². The van der Waals surface area contributed by atoms with Crippen LogP contribution in [0.1, 0.15) is 37.4 Å². The maximum absolute atomic E-state index is 9.23. The molecule has 1 aromatic rings. The summed E-state index contributed by atoms with van der Waals surface area (Å²) < 4.78 is 0. The Balaban J connectivity index is 3.08. The molecule has 0 radical (unpaired) electrons. The van der Waals surface area contributed by atoms with Crippen LogP contribution < -0.4 is 5.73 Å². The summed E-state index contributed by atoms with van der Waals surface area (Å²) in [7, 11) is 0. The Kier molecular flexibility index (Phi) is 2.35. The van der Waals surface area contributed by atoms with E-state index in [0.29, 0.717) is 11.4 Å². The predicted molar refractivity (Wildman–Crippen MR) is 44.3 cm³/mol. The average Bonchev–Trinajstić information content (AvgIpc) is 2.31. The van der Waals surface area contributed by atoms with E-state index < -0.39 is 12.2 Å². The largest absolute Gasteiger partial charge is 0.387 e. The number of nitrogens with two attached hydrogens (primary N) is 1. The molecule has 1 heterocycles. The fourth-order valence-corrected chi connectivity index (χ4v) is 1.06. The number of anilines is 1. The summed E-state index contributed by atoms with van der Waals surface area (Å²) >= 11 is 0. The van der Waals surface area contributed by atoms with Crippen molar-refractivity contribution in [3.05, 3.63) is 11.4 Å². The van der Waals surface area contributed by atoms with E-state index in [2.05, 4.69) is 9.97 Å². The lowest BCUT2D eigenvalue weighted by molar-refractivity contribution is 0.170. The van der Waals surface area contributed by atoms with Gasteiger partial charge >= 0.3 is 0 Å². The van der Waals surface area contributed by atoms with E-state index in [1.54, 1.807) is 13.8 Å². The quantitative estimate of drug-likeness (QED) is 0.507. The molecule has 2 unspecified atom stereocenters. The molecule has 1 aromatic heterocycles. The zero-order valence-corrected chi connectivity index (χ0v) is 7.07. The monoisotopic (exact) mass is 171 g/mol. The molecule has 2 atom stereocenters. The molecule has 0 aromatic carbocycles. The van der Waals surface area contributed by atoms with E-state index in [1.807, 2.05) is 0 Å². The van der Waals surface area contributed by atoms with Crippen LogP contribution in [-0.2, 0) is 0 Å². The highest BCUT2D eigenvalue weighted by Gasteiger charge is 2.16. The minimum Gasteiger partial charge on any atom is -0.387 e. The second kappa shape index (κ2) is 3.12. The number of nitrogens with one attached hydrogen (secondary N) is 1. The Morgan fingerprint density at radius 3 is 2.25 bits per heavy atom. The fraction of sp³-hybridized carbons (Fsp3) is 0.571. The lowest BCUT2D eigenvalue weighted by Gasteiger charge is -2.05. The van der Waals surface area contributed by atoms with Gasteiger partial charge in [-0.25, -0.2) is 4.98 Å². The van der Waals surface area contributed by atoms with Crippen molar-refractivity contribution >= 4 is 5.95 Å². The van der Waals surface area contributed by atoms with E-state index in [1.165, 1.54) is 0 Å². The van der Waals surface area contributed by atoms with Crippen LogP contribution in [0.5, 0.6) is 0 Å². The van der Waals surface area contributed by atoms with Gasteiger partial charge in [-0.15, -0.1) is 0 Å². The van der Waals surface area contributed by atoms with Crippen LogP contribution in [0, 0.1) is 0 Å². The van der Waals surface area contributed by atoms with Gasteiger partial charge in [0.2, 0.25) is 0 Å². The number of aliphatic hydroxyl groups is 2. The molecule has 5 nitrogen and oxygen atoms in total. The normalized spacial score (nSPS) is 16.0. The number of aromatic nitrogens is 2. The van der Waals surface area contributed by atoms with Crippen molar-refractivity contribution in [3.8, 4) is 0 Å². The summed E-state index contributed by atoms with van der Waals surface area (Å²) in [6.07, 6.45) is -1.41. The van der Waals surface area contributed by atoms with Gasteiger partial charge in [0.05, 0.1) is 23.6 Å². The summed E-state index contributed by atoms with van der Waals surface area (Å²) in [5, 5.41) is 18.4. The lowest BCUT2D eigenvalue weighted by atomic mass is 10.2. The van der Waals surface area contributed by atoms with Crippen LogP contribution in [0.15, 0.2) is 0 Å². The summed E-state index contributed by atoms with van der Waals surface area (Å²) in [5.41, 5.74) is 6.25. The maximum Gasteiger partial charge on any atom is 0.198 e. The van der Waals surface area contributed by atoms with Gasteiger partial charge in [0.15, 0.2) is 5.95 Å². The Hall–Kier alpha value is -1.07. The van der Waals surface area contributed by atoms with Crippen LogP contribution in [0.2, 0.25) is 0 Å². The number of hydrogen-bond acceptors (Lipinski definition) is 4. The Morgan fingerprint density at radius 1 is 1.33 bits per heavy atom. The zero-order chi connectivity index (χ0) is 9.30. The third-order valence-corrected chi connectivity index (χ3v) is 1.59. The third-order valence-electron chi connectivity index (χ3n) is 1.59. The number of aromatic amines is 1. The summed E-state index contributed by atoms with van der Waals surface area (Å²) in [5.74, 6) is 0.210. The Labute approximate surface area is 70.2 Å². The maximum atomic E-state index is 9.23. The molecule has 1 rings (SSSR count). The van der Waals surface area contributed by atoms with Crippen molar-refractivity contribution in [2.24, 2.45) is 0 Å². The second-order valence-corrected chi connectivity index (χ2v) is 2.77. The van der Waals surface area contributed by atoms with Gasteiger partial charge in [0.1, 0.15) is 0 Å². The van der Waals surface area contributed by atoms with Gasteiger partial charge in [0, 0.05) is 0 Å². The number of rotatable bonds is 2. The molecule has 0 spiro atoms. The van der Waals surface area contributed by atoms with Crippen molar-refractivity contribution in [2.45, 2.75) is 26.1 Å². The molecule has 0 saturated heterocycles. The minimum absolute atomic E-state index is 0.210. The molecule has 0 fully saturated rings. The third kappa shape index (κ3) is 1.57. The van der Waals surface area contributed by atoms with E-state index in [4.69, 9.17) is 5.73 Å². The highest BCUT2D eigenvalue weighted by molar-refractivity contribution is 5.28. The molecule has 0 saturated carbocycles. The van der Waals surface area contributed by atoms with Gasteiger partial charge in [0.25, 0.3) is 0 Å². The number of aliphatic hydroxyl groups excluding tert-OH is 2. The van der Waals surface area contributed by atoms with E-state index in [9.17, 15) is 10.2 Å². The van der Waals surface area contributed by atoms with Gasteiger partial charge < -0.3 is 20.9 Å². The van der Waals surface area contributed by atoms with Crippen LogP contribution in [-0.4, -0.2) is 20.2 Å². The first kappa shape index (κ1) is 9.02. The molecular formula is C7H13N3O2. The highest BCUT2D eigenvalue weighted by Crippen LogP contribution is 2.21. The standard InChI is InChI=1S/C7H13N3O2/c1-3(11)5-6(4(2)12)10-7(8)9-5/h3-4,11-12H,1-2H3,(H3,8,9,10). The smallest absolute Gasteiger partial charge is 0.198 e. The van der Waals surface area contributed by atoms with Gasteiger partial charge in [-0.05, 0) is 13.8 Å². The van der Waals surface area contributed by atoms with Crippen molar-refractivity contribution in [1.82, 2.24) is 9.97 Å². The van der Waals surface area contributed by atoms with Crippen molar-refractivity contribution in [2.75, 3.05) is 5.73 Å². The average molecular weight is 171 g/mol. The van der Waals surface area contributed by atoms with Crippen LogP contribution >= 0.6 is 0 Å². The molecular weight excluding hydrogens is 158 g/mol. The molecule has 0 bridgehead atoms. The molecule has 0 amide bonds. The van der Waals surface area contributed by atoms with Gasteiger partial charge in [-0.2, -0.15) is 0 Å². The minimum atomic E-state index is -0.719. The van der Waals surface area contributed by atoms with Crippen molar-refractivity contribution in [1.29, 1.82) is 0 Å². The van der Waals surface area contributed by atoms with Gasteiger partial charge in [-0.3, -0.25) is 0 Å². The molecule has 68 valence electrons. The molecule has 12 heavy (non-hydrogen) atoms. The Bertz CT molecular complexity index is 242. The second-order valence-electron chi connectivity index (χ2n) is 2.77. The highest BCUT2D eigenvalue weighted by atomic mass is 16.3. The first-order valence-corrected chi connectivity index (χ1v) is 3.73. The van der Waals surface area contributed by atoms with E-state index in [-0.39, 0.29) is 5.95 Å². The fourth-order valence-electron chi connectivity index (χ4n) is 1.06. The first-order chi connectivity index (χ1) is 5.52. The number of hydrogen-bond donors (Lipinski definition) is 4. The van der Waals surface area contributed by atoms with Crippen molar-refractivity contribution < 1.29 is 10.2 Å². The zero-order valence-electron chi connectivity index (χ0n) is 7.07. The topological polar surface area (TPSA) is 95.2 Å². The predicted octanol–water partition coefficient (Wildman–Crippen LogP) is 0.0985. The summed E-state index contributed by atoms with van der Waals surface area (Å²) in [6.45, 7) is 3.15. The lowest BCUT2D eigenvalue weighted by Crippen LogP contribution is -2.00. The van der Waals surface area contributed by atoms with E-state index >= 15 is 0 Å². The van der Waals surface area contributed by atoms with Crippen LogP contribution in [0.25, 0.3) is 0 Å². The summed E-state index contributed by atoms with van der Waals surface area (Å²) in [6, 6.07) is 0.